The molecule has 1 aromatic carbocycles. The van der Waals surface area contributed by atoms with Crippen LogP contribution in [-0.2, 0) is 12.8 Å². The lowest BCUT2D eigenvalue weighted by Crippen LogP contribution is -2.29. The van der Waals surface area contributed by atoms with E-state index in [1.165, 1.54) is 16.7 Å². The zero-order valence-corrected chi connectivity index (χ0v) is 11.9. The molecule has 0 aliphatic rings. The quantitative estimate of drug-likeness (QED) is 0.639. The first-order chi connectivity index (χ1) is 9.13. The number of hydrogen-bond acceptors (Lipinski definition) is 3. The van der Waals surface area contributed by atoms with Gasteiger partial charge in [-0.15, -0.1) is 0 Å². The third-order valence-electron chi connectivity index (χ3n) is 3.59. The highest BCUT2D eigenvalue weighted by Crippen LogP contribution is 2.21. The van der Waals surface area contributed by atoms with E-state index in [0.29, 0.717) is 0 Å². The summed E-state index contributed by atoms with van der Waals surface area (Å²) in [4.78, 5) is 0. The molecular weight excluding hydrogens is 236 g/mol. The number of benzene rings is 1. The van der Waals surface area contributed by atoms with Crippen LogP contribution < -0.4 is 11.3 Å². The smallest absolute Gasteiger partial charge is 0.122 e. The van der Waals surface area contributed by atoms with Gasteiger partial charge in [0.25, 0.3) is 0 Å². The third-order valence-corrected chi connectivity index (χ3v) is 3.59. The van der Waals surface area contributed by atoms with Crippen molar-refractivity contribution in [3.8, 4) is 0 Å². The van der Waals surface area contributed by atoms with E-state index in [4.69, 9.17) is 10.3 Å². The SMILES string of the molecule is CCc1ccc(C(Cc2ccc(C)c(C)c2)NN)o1. The third kappa shape index (κ3) is 3.25. The van der Waals surface area contributed by atoms with Gasteiger partial charge in [0.2, 0.25) is 0 Å². The molecule has 2 rings (SSSR count). The number of furan rings is 1. The number of nitrogens with two attached hydrogens (primary N) is 1. The Kier molecular flexibility index (Phi) is 4.40. The summed E-state index contributed by atoms with van der Waals surface area (Å²) in [7, 11) is 0. The van der Waals surface area contributed by atoms with Crippen LogP contribution in [0.3, 0.4) is 0 Å². The lowest BCUT2D eigenvalue weighted by atomic mass is 10.00. The van der Waals surface area contributed by atoms with E-state index >= 15 is 0 Å². The Labute approximate surface area is 114 Å². The van der Waals surface area contributed by atoms with Crippen molar-refractivity contribution in [1.82, 2.24) is 5.43 Å². The molecule has 0 amide bonds. The van der Waals surface area contributed by atoms with Crippen LogP contribution in [-0.4, -0.2) is 0 Å². The fourth-order valence-corrected chi connectivity index (χ4v) is 2.18. The minimum absolute atomic E-state index is 0.0161. The number of hydrazine groups is 1. The lowest BCUT2D eigenvalue weighted by molar-refractivity contribution is 0.396. The number of nitrogens with one attached hydrogen (secondary N) is 1. The minimum atomic E-state index is 0.0161. The summed E-state index contributed by atoms with van der Waals surface area (Å²) < 4.78 is 5.77. The van der Waals surface area contributed by atoms with E-state index in [0.717, 1.165) is 24.4 Å². The van der Waals surface area contributed by atoms with E-state index in [1.54, 1.807) is 0 Å². The molecule has 1 aromatic heterocycles. The van der Waals surface area contributed by atoms with Crippen molar-refractivity contribution in [3.05, 3.63) is 58.5 Å². The summed E-state index contributed by atoms with van der Waals surface area (Å²) in [5.41, 5.74) is 6.73. The normalized spacial score (nSPS) is 12.6. The molecule has 0 spiro atoms. The Morgan fingerprint density at radius 1 is 1.16 bits per heavy atom. The first-order valence-electron chi connectivity index (χ1n) is 6.75. The maximum atomic E-state index is 5.77. The second-order valence-corrected chi connectivity index (χ2v) is 5.00. The Balaban J connectivity index is 2.16. The molecule has 0 aliphatic heterocycles. The van der Waals surface area contributed by atoms with Crippen molar-refractivity contribution < 1.29 is 4.42 Å². The number of hydrogen-bond donors (Lipinski definition) is 2. The molecule has 1 unspecified atom stereocenters. The minimum Gasteiger partial charge on any atom is -0.464 e. The predicted octanol–water partition coefficient (Wildman–Crippen LogP) is 3.21. The van der Waals surface area contributed by atoms with Gasteiger partial charge >= 0.3 is 0 Å². The fourth-order valence-electron chi connectivity index (χ4n) is 2.18. The number of rotatable bonds is 5. The molecule has 0 fully saturated rings. The van der Waals surface area contributed by atoms with Gasteiger partial charge in [-0.05, 0) is 49.1 Å². The van der Waals surface area contributed by atoms with E-state index in [-0.39, 0.29) is 6.04 Å². The molecule has 3 N–H and O–H groups in total. The predicted molar refractivity (Wildman–Crippen MR) is 77.8 cm³/mol. The van der Waals surface area contributed by atoms with Crippen molar-refractivity contribution in [2.45, 2.75) is 39.7 Å². The lowest BCUT2D eigenvalue weighted by Gasteiger charge is -2.14. The molecule has 1 heterocycles. The van der Waals surface area contributed by atoms with E-state index in [1.807, 2.05) is 12.1 Å². The molecule has 0 aliphatic carbocycles. The second-order valence-electron chi connectivity index (χ2n) is 5.00. The van der Waals surface area contributed by atoms with Gasteiger partial charge in [-0.25, -0.2) is 5.43 Å². The van der Waals surface area contributed by atoms with Gasteiger partial charge in [0.15, 0.2) is 0 Å². The van der Waals surface area contributed by atoms with E-state index in [9.17, 15) is 0 Å². The molecular formula is C16H22N2O. The summed E-state index contributed by atoms with van der Waals surface area (Å²) in [5.74, 6) is 7.56. The van der Waals surface area contributed by atoms with Crippen molar-refractivity contribution in [3.63, 3.8) is 0 Å². The van der Waals surface area contributed by atoms with Crippen LogP contribution in [0.15, 0.2) is 34.7 Å². The Morgan fingerprint density at radius 3 is 2.53 bits per heavy atom. The molecule has 0 saturated carbocycles. The zero-order valence-electron chi connectivity index (χ0n) is 11.9. The maximum Gasteiger partial charge on any atom is 0.122 e. The Hall–Kier alpha value is -1.58. The van der Waals surface area contributed by atoms with Gasteiger partial charge in [0.05, 0.1) is 6.04 Å². The fraction of sp³-hybridized carbons (Fsp3) is 0.375. The first-order valence-corrected chi connectivity index (χ1v) is 6.75. The molecule has 19 heavy (non-hydrogen) atoms. The van der Waals surface area contributed by atoms with Crippen molar-refractivity contribution >= 4 is 0 Å². The average Bonchev–Trinajstić information content (AvgIpc) is 2.88. The van der Waals surface area contributed by atoms with Crippen molar-refractivity contribution in [2.75, 3.05) is 0 Å². The zero-order chi connectivity index (χ0) is 13.8. The first kappa shape index (κ1) is 13.8. The van der Waals surface area contributed by atoms with Gasteiger partial charge < -0.3 is 4.42 Å². The van der Waals surface area contributed by atoms with Crippen LogP contribution in [0.4, 0.5) is 0 Å². The molecule has 3 heteroatoms. The highest BCUT2D eigenvalue weighted by Gasteiger charge is 2.14. The van der Waals surface area contributed by atoms with Gasteiger partial charge in [-0.1, -0.05) is 25.1 Å². The van der Waals surface area contributed by atoms with Gasteiger partial charge in [-0.3, -0.25) is 5.84 Å². The highest BCUT2D eigenvalue weighted by atomic mass is 16.3. The second kappa shape index (κ2) is 6.04. The molecule has 3 nitrogen and oxygen atoms in total. The van der Waals surface area contributed by atoms with Crippen LogP contribution >= 0.6 is 0 Å². The van der Waals surface area contributed by atoms with Crippen LogP contribution in [0.2, 0.25) is 0 Å². The van der Waals surface area contributed by atoms with Crippen LogP contribution in [0.1, 0.15) is 41.2 Å². The largest absolute Gasteiger partial charge is 0.464 e. The topological polar surface area (TPSA) is 51.2 Å². The average molecular weight is 258 g/mol. The Bertz CT molecular complexity index is 545. The van der Waals surface area contributed by atoms with Gasteiger partial charge in [0.1, 0.15) is 11.5 Å². The van der Waals surface area contributed by atoms with Crippen LogP contribution in [0.5, 0.6) is 0 Å². The molecule has 1 atom stereocenters. The molecule has 0 saturated heterocycles. The van der Waals surface area contributed by atoms with Crippen LogP contribution in [0, 0.1) is 13.8 Å². The molecule has 0 radical (unpaired) electrons. The van der Waals surface area contributed by atoms with E-state index < -0.39 is 0 Å². The summed E-state index contributed by atoms with van der Waals surface area (Å²) >= 11 is 0. The number of aryl methyl sites for hydroxylation is 3. The van der Waals surface area contributed by atoms with Crippen molar-refractivity contribution in [2.24, 2.45) is 5.84 Å². The summed E-state index contributed by atoms with van der Waals surface area (Å²) in [5, 5.41) is 0. The highest BCUT2D eigenvalue weighted by molar-refractivity contribution is 5.31. The summed E-state index contributed by atoms with van der Waals surface area (Å²) in [6.07, 6.45) is 1.73. The molecule has 102 valence electrons. The van der Waals surface area contributed by atoms with Crippen molar-refractivity contribution in [1.29, 1.82) is 0 Å². The molecule has 2 aromatic rings. The van der Waals surface area contributed by atoms with Crippen LogP contribution in [0.25, 0.3) is 0 Å². The standard InChI is InChI=1S/C16H22N2O/c1-4-14-7-8-16(19-14)15(18-17)10-13-6-5-11(2)12(3)9-13/h5-9,15,18H,4,10,17H2,1-3H3. The summed E-state index contributed by atoms with van der Waals surface area (Å²) in [6.45, 7) is 6.33. The molecule has 0 bridgehead atoms. The monoisotopic (exact) mass is 258 g/mol. The van der Waals surface area contributed by atoms with Gasteiger partial charge in [0, 0.05) is 6.42 Å². The Morgan fingerprint density at radius 2 is 1.95 bits per heavy atom. The maximum absolute atomic E-state index is 5.77. The van der Waals surface area contributed by atoms with E-state index in [2.05, 4.69) is 44.4 Å². The van der Waals surface area contributed by atoms with Gasteiger partial charge in [-0.2, -0.15) is 0 Å². The summed E-state index contributed by atoms with van der Waals surface area (Å²) in [6, 6.07) is 10.5.